The lowest BCUT2D eigenvalue weighted by atomic mass is 10.2. The van der Waals surface area contributed by atoms with Gasteiger partial charge in [0.25, 0.3) is 16.0 Å². The minimum Gasteiger partial charge on any atom is -0.304 e. The molecule has 0 saturated carbocycles. The van der Waals surface area contributed by atoms with Crippen LogP contribution in [0.1, 0.15) is 5.56 Å². The number of benzene rings is 1. The molecule has 7 nitrogen and oxygen atoms in total. The number of hydrogen-bond acceptors (Lipinski definition) is 7. The van der Waals surface area contributed by atoms with E-state index in [9.17, 15) is 18.0 Å². The maximum Gasteiger partial charge on any atom is 0.269 e. The van der Waals surface area contributed by atoms with E-state index in [1.807, 2.05) is 30.3 Å². The highest BCUT2D eigenvalue weighted by atomic mass is 32.2. The molecule has 0 aliphatic carbocycles. The van der Waals surface area contributed by atoms with Gasteiger partial charge in [-0.25, -0.2) is 0 Å². The van der Waals surface area contributed by atoms with Crippen LogP contribution in [-0.2, 0) is 26.3 Å². The first-order valence-electron chi connectivity index (χ1n) is 7.46. The average molecular weight is 431 g/mol. The number of thioether (sulfide) groups is 2. The van der Waals surface area contributed by atoms with Gasteiger partial charge in [0.1, 0.15) is 9.23 Å². The standard InChI is InChI=1S/C15H14N2O5S4/c18-11-9-24-14(16(11)6-7-26(20,21)22)12-13(19)17(15(23)25-12)8-10-4-2-1-3-5-10/h1-5H,6-9H2,(H,20,21,22)/b14-12+. The quantitative estimate of drug-likeness (QED) is 0.428. The third-order valence-electron chi connectivity index (χ3n) is 3.68. The summed E-state index contributed by atoms with van der Waals surface area (Å²) >= 11 is 7.58. The number of amides is 2. The maximum atomic E-state index is 12.8. The predicted octanol–water partition coefficient (Wildman–Crippen LogP) is 1.68. The zero-order valence-corrected chi connectivity index (χ0v) is 16.6. The van der Waals surface area contributed by atoms with Crippen LogP contribution < -0.4 is 0 Å². The summed E-state index contributed by atoms with van der Waals surface area (Å²) in [6.45, 7) is 0.120. The van der Waals surface area contributed by atoms with Crippen molar-refractivity contribution in [2.45, 2.75) is 6.54 Å². The second kappa shape index (κ2) is 7.69. The Hall–Kier alpha value is -1.40. The summed E-state index contributed by atoms with van der Waals surface area (Å²) in [5.41, 5.74) is 0.924. The first kappa shape index (κ1) is 19.4. The molecule has 1 aromatic rings. The molecule has 26 heavy (non-hydrogen) atoms. The van der Waals surface area contributed by atoms with Crippen molar-refractivity contribution in [3.63, 3.8) is 0 Å². The molecule has 1 N–H and O–H groups in total. The smallest absolute Gasteiger partial charge is 0.269 e. The highest BCUT2D eigenvalue weighted by Crippen LogP contribution is 2.41. The molecule has 0 unspecified atom stereocenters. The molecule has 11 heteroatoms. The first-order chi connectivity index (χ1) is 12.3. The Labute approximate surface area is 164 Å². The lowest BCUT2D eigenvalue weighted by Crippen LogP contribution is -2.32. The van der Waals surface area contributed by atoms with Crippen molar-refractivity contribution in [2.75, 3.05) is 18.1 Å². The Morgan fingerprint density at radius 2 is 1.85 bits per heavy atom. The normalized spacial score (nSPS) is 21.2. The van der Waals surface area contributed by atoms with Gasteiger partial charge in [0.05, 0.1) is 23.1 Å². The number of rotatable bonds is 5. The summed E-state index contributed by atoms with van der Waals surface area (Å²) in [7, 11) is -4.21. The minimum atomic E-state index is -4.21. The van der Waals surface area contributed by atoms with Crippen molar-refractivity contribution in [2.24, 2.45) is 0 Å². The van der Waals surface area contributed by atoms with Gasteiger partial charge in [-0.2, -0.15) is 8.42 Å². The van der Waals surface area contributed by atoms with Crippen LogP contribution in [0.25, 0.3) is 0 Å². The fourth-order valence-electron chi connectivity index (χ4n) is 2.45. The van der Waals surface area contributed by atoms with Crippen LogP contribution in [0.4, 0.5) is 0 Å². The number of carbonyl (C=O) groups excluding carboxylic acids is 2. The summed E-state index contributed by atoms with van der Waals surface area (Å²) < 4.78 is 31.3. The van der Waals surface area contributed by atoms with Crippen molar-refractivity contribution in [1.82, 2.24) is 9.80 Å². The molecule has 0 atom stereocenters. The third-order valence-corrected chi connectivity index (χ3v) is 7.03. The Morgan fingerprint density at radius 1 is 1.15 bits per heavy atom. The molecule has 2 aliphatic rings. The van der Waals surface area contributed by atoms with Gasteiger partial charge in [0.15, 0.2) is 0 Å². The summed E-state index contributed by atoms with van der Waals surface area (Å²) in [6.07, 6.45) is 0. The van der Waals surface area contributed by atoms with E-state index in [0.717, 1.165) is 17.3 Å². The third kappa shape index (κ3) is 4.29. The maximum absolute atomic E-state index is 12.8. The zero-order valence-electron chi connectivity index (χ0n) is 13.3. The van der Waals surface area contributed by atoms with E-state index >= 15 is 0 Å². The fourth-order valence-corrected chi connectivity index (χ4v) is 5.37. The Bertz CT molecular complexity index is 898. The molecule has 0 aromatic heterocycles. The van der Waals surface area contributed by atoms with Gasteiger partial charge >= 0.3 is 0 Å². The highest BCUT2D eigenvalue weighted by molar-refractivity contribution is 8.27. The van der Waals surface area contributed by atoms with Gasteiger partial charge in [0, 0.05) is 6.54 Å². The van der Waals surface area contributed by atoms with E-state index in [1.54, 1.807) is 0 Å². The van der Waals surface area contributed by atoms with Crippen molar-refractivity contribution < 1.29 is 22.6 Å². The van der Waals surface area contributed by atoms with E-state index < -0.39 is 15.9 Å². The van der Waals surface area contributed by atoms with Crippen LogP contribution in [0, 0.1) is 0 Å². The lowest BCUT2D eigenvalue weighted by molar-refractivity contribution is -0.125. The second-order valence-corrected chi connectivity index (χ2v) is 9.68. The summed E-state index contributed by atoms with van der Waals surface area (Å²) in [5, 5.41) is 0.395. The molecule has 2 saturated heterocycles. The molecule has 3 rings (SSSR count). The zero-order chi connectivity index (χ0) is 18.9. The summed E-state index contributed by atoms with van der Waals surface area (Å²) in [6, 6.07) is 9.39. The fraction of sp³-hybridized carbons (Fsp3) is 0.267. The van der Waals surface area contributed by atoms with E-state index in [2.05, 4.69) is 0 Å². The van der Waals surface area contributed by atoms with Crippen molar-refractivity contribution in [3.05, 3.63) is 45.8 Å². The van der Waals surface area contributed by atoms with Crippen LogP contribution in [0.15, 0.2) is 40.3 Å². The SMILES string of the molecule is O=C1/C(=C2\SCC(=O)N2CCS(=O)(=O)O)SC(=S)N1Cc1ccccc1. The Balaban J connectivity index is 1.84. The summed E-state index contributed by atoms with van der Waals surface area (Å²) in [5.74, 6) is -1.09. The lowest BCUT2D eigenvalue weighted by Gasteiger charge is -2.18. The molecule has 0 radical (unpaired) electrons. The van der Waals surface area contributed by atoms with Crippen molar-refractivity contribution in [3.8, 4) is 0 Å². The molecular formula is C15H14N2O5S4. The van der Waals surface area contributed by atoms with Gasteiger partial charge in [0.2, 0.25) is 5.91 Å². The molecule has 2 heterocycles. The van der Waals surface area contributed by atoms with Crippen molar-refractivity contribution in [1.29, 1.82) is 0 Å². The van der Waals surface area contributed by atoms with Gasteiger partial charge in [-0.15, -0.1) is 0 Å². The van der Waals surface area contributed by atoms with Gasteiger partial charge < -0.3 is 4.90 Å². The summed E-state index contributed by atoms with van der Waals surface area (Å²) in [4.78, 5) is 27.9. The molecular weight excluding hydrogens is 416 g/mol. The van der Waals surface area contributed by atoms with Gasteiger partial charge in [-0.05, 0) is 5.56 Å². The van der Waals surface area contributed by atoms with E-state index in [-0.39, 0.29) is 24.1 Å². The molecule has 0 spiro atoms. The topological polar surface area (TPSA) is 95.0 Å². The monoisotopic (exact) mass is 430 g/mol. The molecule has 0 bridgehead atoms. The van der Waals surface area contributed by atoms with Crippen LogP contribution in [0.3, 0.4) is 0 Å². The average Bonchev–Trinajstić information content (AvgIpc) is 3.07. The van der Waals surface area contributed by atoms with Gasteiger partial charge in [-0.3, -0.25) is 19.0 Å². The van der Waals surface area contributed by atoms with Gasteiger partial charge in [-0.1, -0.05) is 66.1 Å². The minimum absolute atomic E-state index is 0.115. The number of carbonyl (C=O) groups is 2. The number of nitrogens with zero attached hydrogens (tertiary/aromatic N) is 2. The highest BCUT2D eigenvalue weighted by Gasteiger charge is 2.39. The van der Waals surface area contributed by atoms with Crippen LogP contribution >= 0.6 is 35.7 Å². The Morgan fingerprint density at radius 3 is 2.50 bits per heavy atom. The van der Waals surface area contributed by atoms with E-state index in [4.69, 9.17) is 16.8 Å². The Kier molecular flexibility index (Phi) is 5.72. The van der Waals surface area contributed by atoms with E-state index in [0.29, 0.717) is 20.8 Å². The van der Waals surface area contributed by atoms with Crippen LogP contribution in [0.2, 0.25) is 0 Å². The largest absolute Gasteiger partial charge is 0.304 e. The predicted molar refractivity (Wildman–Crippen MR) is 105 cm³/mol. The molecule has 1 aromatic carbocycles. The van der Waals surface area contributed by atoms with E-state index in [1.165, 1.54) is 21.6 Å². The molecule has 2 fully saturated rings. The number of thiocarbonyl (C=S) groups is 1. The second-order valence-electron chi connectivity index (χ2n) is 5.50. The first-order valence-corrected chi connectivity index (χ1v) is 11.3. The molecule has 2 aliphatic heterocycles. The molecule has 138 valence electrons. The van der Waals surface area contributed by atoms with Crippen LogP contribution in [-0.4, -0.2) is 57.0 Å². The van der Waals surface area contributed by atoms with Crippen molar-refractivity contribution >= 4 is 62.0 Å². The number of hydrogen-bond donors (Lipinski definition) is 1. The molecule has 2 amide bonds. The van der Waals surface area contributed by atoms with Crippen LogP contribution in [0.5, 0.6) is 0 Å².